The van der Waals surface area contributed by atoms with Crippen molar-refractivity contribution < 1.29 is 18.3 Å². The molecule has 19 heavy (non-hydrogen) atoms. The number of hydrogen-bond acceptors (Lipinski definition) is 4. The number of nitrogens with one attached hydrogen (secondary N) is 1. The van der Waals surface area contributed by atoms with Crippen LogP contribution in [0.25, 0.3) is 0 Å². The molecule has 0 unspecified atom stereocenters. The van der Waals surface area contributed by atoms with Crippen molar-refractivity contribution in [3.05, 3.63) is 52.2 Å². The summed E-state index contributed by atoms with van der Waals surface area (Å²) < 4.78 is 39.6. The van der Waals surface area contributed by atoms with Gasteiger partial charge in [0, 0.05) is 6.20 Å². The van der Waals surface area contributed by atoms with Gasteiger partial charge >= 0.3 is 0 Å². The van der Waals surface area contributed by atoms with E-state index in [1.165, 1.54) is 0 Å². The third-order valence-electron chi connectivity index (χ3n) is 2.39. The number of phenolic OH excluding ortho intramolecular Hbond substituents is 1. The molecule has 0 fully saturated rings. The second-order valence-electron chi connectivity index (χ2n) is 3.62. The van der Waals surface area contributed by atoms with Gasteiger partial charge in [-0.15, -0.1) is 0 Å². The van der Waals surface area contributed by atoms with Crippen LogP contribution in [0.1, 0.15) is 0 Å². The Kier molecular flexibility index (Phi) is 3.07. The number of hydrogen-bond donors (Lipinski definition) is 3. The van der Waals surface area contributed by atoms with E-state index in [4.69, 9.17) is 5.73 Å². The fourth-order valence-electron chi connectivity index (χ4n) is 1.38. The number of nitrogens with zero attached hydrogens (tertiary/aromatic N) is 1. The molecule has 4 N–H and O–H groups in total. The van der Waals surface area contributed by atoms with Gasteiger partial charge < -0.3 is 10.8 Å². The van der Waals surface area contributed by atoms with Gasteiger partial charge in [0.05, 0.1) is 5.69 Å². The van der Waals surface area contributed by atoms with Gasteiger partial charge in [0.15, 0.2) is 17.4 Å². The van der Waals surface area contributed by atoms with Crippen molar-refractivity contribution in [3.8, 4) is 5.75 Å². The number of rotatable bonds is 2. The molecule has 1 aromatic carbocycles. The van der Waals surface area contributed by atoms with Crippen molar-refractivity contribution in [2.45, 2.75) is 0 Å². The van der Waals surface area contributed by atoms with E-state index in [-0.39, 0.29) is 5.69 Å². The van der Waals surface area contributed by atoms with Crippen LogP contribution in [0.4, 0.5) is 24.5 Å². The number of nitrogens with two attached hydrogens (primary N) is 1. The van der Waals surface area contributed by atoms with E-state index in [1.807, 2.05) is 0 Å². The van der Waals surface area contributed by atoms with E-state index in [0.717, 1.165) is 29.1 Å². The Morgan fingerprint density at radius 1 is 1.16 bits per heavy atom. The van der Waals surface area contributed by atoms with Gasteiger partial charge in [-0.1, -0.05) is 0 Å². The van der Waals surface area contributed by atoms with Crippen LogP contribution in [0, 0.1) is 17.5 Å². The van der Waals surface area contributed by atoms with E-state index in [1.54, 1.807) is 0 Å². The standard InChI is InChI=1S/C11H8F3N3O2/c12-5-1-2-7(10(18)8(5)14)16-17-4-3-6(13)9(15)11(17)19/h1-4,16,18H,15H2. The fourth-order valence-corrected chi connectivity index (χ4v) is 1.38. The summed E-state index contributed by atoms with van der Waals surface area (Å²) in [5.74, 6) is -4.62. The Bertz CT molecular complexity index is 700. The number of pyridine rings is 1. The molecular formula is C11H8F3N3O2. The van der Waals surface area contributed by atoms with Crippen molar-refractivity contribution in [2.24, 2.45) is 0 Å². The maximum Gasteiger partial charge on any atom is 0.295 e. The normalized spacial score (nSPS) is 10.5. The van der Waals surface area contributed by atoms with Gasteiger partial charge in [-0.25, -0.2) is 13.5 Å². The minimum atomic E-state index is -1.46. The van der Waals surface area contributed by atoms with Crippen LogP contribution in [-0.4, -0.2) is 9.78 Å². The first-order chi connectivity index (χ1) is 8.91. The molecule has 0 aliphatic carbocycles. The maximum absolute atomic E-state index is 13.1. The topological polar surface area (TPSA) is 80.3 Å². The van der Waals surface area contributed by atoms with Crippen molar-refractivity contribution in [2.75, 3.05) is 11.2 Å². The zero-order chi connectivity index (χ0) is 14.2. The second kappa shape index (κ2) is 4.56. The Balaban J connectivity index is 2.46. The molecule has 8 heteroatoms. The molecule has 0 bridgehead atoms. The summed E-state index contributed by atoms with van der Waals surface area (Å²) in [5.41, 5.74) is 5.62. The summed E-state index contributed by atoms with van der Waals surface area (Å²) in [7, 11) is 0. The minimum absolute atomic E-state index is 0.271. The quantitative estimate of drug-likeness (QED) is 0.722. The SMILES string of the molecule is Nc1c(F)ccn(Nc2ccc(F)c(F)c2O)c1=O. The predicted molar refractivity (Wildman–Crippen MR) is 62.1 cm³/mol. The van der Waals surface area contributed by atoms with Crippen molar-refractivity contribution in [1.82, 2.24) is 4.68 Å². The lowest BCUT2D eigenvalue weighted by molar-refractivity contribution is 0.408. The van der Waals surface area contributed by atoms with Crippen molar-refractivity contribution >= 4 is 11.4 Å². The molecule has 0 radical (unpaired) electrons. The zero-order valence-corrected chi connectivity index (χ0v) is 9.32. The molecule has 100 valence electrons. The minimum Gasteiger partial charge on any atom is -0.503 e. The Labute approximate surface area is 104 Å². The predicted octanol–water partition coefficient (Wildman–Crippen LogP) is 1.43. The molecule has 1 heterocycles. The smallest absolute Gasteiger partial charge is 0.295 e. The number of anilines is 2. The van der Waals surface area contributed by atoms with Crippen molar-refractivity contribution in [1.29, 1.82) is 0 Å². The van der Waals surface area contributed by atoms with E-state index in [9.17, 15) is 23.1 Å². The highest BCUT2D eigenvalue weighted by molar-refractivity contribution is 5.56. The molecule has 0 aliphatic heterocycles. The van der Waals surface area contributed by atoms with Crippen LogP contribution in [0.5, 0.6) is 5.75 Å². The largest absolute Gasteiger partial charge is 0.503 e. The zero-order valence-electron chi connectivity index (χ0n) is 9.32. The van der Waals surface area contributed by atoms with E-state index < -0.39 is 34.4 Å². The Morgan fingerprint density at radius 2 is 1.84 bits per heavy atom. The number of aromatic nitrogens is 1. The summed E-state index contributed by atoms with van der Waals surface area (Å²) in [6, 6.07) is 2.68. The molecule has 0 saturated heterocycles. The highest BCUT2D eigenvalue weighted by Crippen LogP contribution is 2.27. The fraction of sp³-hybridized carbons (Fsp3) is 0. The summed E-state index contributed by atoms with van der Waals surface area (Å²) in [4.78, 5) is 11.5. The molecule has 5 nitrogen and oxygen atoms in total. The average molecular weight is 271 g/mol. The maximum atomic E-state index is 13.1. The lowest BCUT2D eigenvalue weighted by Gasteiger charge is -2.12. The van der Waals surface area contributed by atoms with Crippen LogP contribution in [0.3, 0.4) is 0 Å². The highest BCUT2D eigenvalue weighted by Gasteiger charge is 2.13. The van der Waals surface area contributed by atoms with Crippen LogP contribution in [-0.2, 0) is 0 Å². The summed E-state index contributed by atoms with van der Waals surface area (Å²) >= 11 is 0. The van der Waals surface area contributed by atoms with Gasteiger partial charge in [0.1, 0.15) is 5.69 Å². The van der Waals surface area contributed by atoms with Gasteiger partial charge in [0.25, 0.3) is 5.56 Å². The molecule has 2 rings (SSSR count). The molecule has 0 aliphatic rings. The molecule has 0 spiro atoms. The van der Waals surface area contributed by atoms with Crippen LogP contribution < -0.4 is 16.7 Å². The van der Waals surface area contributed by atoms with Gasteiger partial charge in [0.2, 0.25) is 5.82 Å². The Morgan fingerprint density at radius 3 is 2.53 bits per heavy atom. The van der Waals surface area contributed by atoms with Crippen molar-refractivity contribution in [3.63, 3.8) is 0 Å². The summed E-state index contributed by atoms with van der Waals surface area (Å²) in [6.07, 6.45) is 0.995. The number of phenols is 1. The third kappa shape index (κ3) is 2.19. The molecular weight excluding hydrogens is 263 g/mol. The molecule has 0 amide bonds. The van der Waals surface area contributed by atoms with E-state index in [0.29, 0.717) is 0 Å². The number of nitrogen functional groups attached to an aromatic ring is 1. The molecule has 2 aromatic rings. The number of benzene rings is 1. The van der Waals surface area contributed by atoms with Crippen LogP contribution in [0.2, 0.25) is 0 Å². The first-order valence-electron chi connectivity index (χ1n) is 5.02. The van der Waals surface area contributed by atoms with Gasteiger partial charge in [-0.05, 0) is 18.2 Å². The number of halogens is 3. The third-order valence-corrected chi connectivity index (χ3v) is 2.39. The average Bonchev–Trinajstić information content (AvgIpc) is 2.39. The molecule has 0 atom stereocenters. The van der Waals surface area contributed by atoms with E-state index >= 15 is 0 Å². The highest BCUT2D eigenvalue weighted by atomic mass is 19.2. The first-order valence-corrected chi connectivity index (χ1v) is 5.02. The Hall–Kier alpha value is -2.64. The van der Waals surface area contributed by atoms with Crippen LogP contribution in [0.15, 0.2) is 29.2 Å². The van der Waals surface area contributed by atoms with E-state index in [2.05, 4.69) is 5.43 Å². The lowest BCUT2D eigenvalue weighted by Crippen LogP contribution is -2.28. The first kappa shape index (κ1) is 12.8. The number of aromatic hydroxyl groups is 1. The monoisotopic (exact) mass is 271 g/mol. The summed E-state index contributed by atoms with van der Waals surface area (Å²) in [5, 5.41) is 9.36. The lowest BCUT2D eigenvalue weighted by atomic mass is 10.3. The molecule has 0 saturated carbocycles. The van der Waals surface area contributed by atoms with Gasteiger partial charge in [-0.3, -0.25) is 10.2 Å². The second-order valence-corrected chi connectivity index (χ2v) is 3.62. The van der Waals surface area contributed by atoms with Crippen LogP contribution >= 0.6 is 0 Å². The van der Waals surface area contributed by atoms with Gasteiger partial charge in [-0.2, -0.15) is 4.39 Å². The summed E-state index contributed by atoms with van der Waals surface area (Å²) in [6.45, 7) is 0. The molecule has 1 aromatic heterocycles.